The fourth-order valence-electron chi connectivity index (χ4n) is 2.39. The number of piperidine rings is 1. The van der Waals surface area contributed by atoms with Gasteiger partial charge in [0, 0.05) is 31.4 Å². The normalized spacial score (nSPS) is 16.3. The number of nitrogens with one attached hydrogen (secondary N) is 1. The minimum atomic E-state index is -0.447. The summed E-state index contributed by atoms with van der Waals surface area (Å²) in [7, 11) is 0. The van der Waals surface area contributed by atoms with Gasteiger partial charge in [0.1, 0.15) is 10.8 Å². The van der Waals surface area contributed by atoms with E-state index < -0.39 is 5.60 Å². The van der Waals surface area contributed by atoms with E-state index in [1.54, 1.807) is 11.1 Å². The van der Waals surface area contributed by atoms with Gasteiger partial charge in [-0.15, -0.1) is 0 Å². The van der Waals surface area contributed by atoms with E-state index in [9.17, 15) is 4.79 Å². The van der Waals surface area contributed by atoms with E-state index in [0.29, 0.717) is 17.0 Å². The van der Waals surface area contributed by atoms with Crippen LogP contribution in [0.25, 0.3) is 0 Å². The number of carbonyl (C=O) groups is 1. The number of nitrogens with zero attached hydrogens (tertiary/aromatic N) is 3. The lowest BCUT2D eigenvalue weighted by Gasteiger charge is -2.33. The van der Waals surface area contributed by atoms with Crippen LogP contribution in [0.15, 0.2) is 6.20 Å². The molecule has 2 heterocycles. The molecule has 0 bridgehead atoms. The lowest BCUT2D eigenvalue weighted by Crippen LogP contribution is -2.42. The Morgan fingerprint density at radius 2 is 2.09 bits per heavy atom. The maximum absolute atomic E-state index is 12.0. The van der Waals surface area contributed by atoms with Crippen molar-refractivity contribution in [2.75, 3.05) is 25.0 Å². The van der Waals surface area contributed by atoms with Gasteiger partial charge < -0.3 is 15.0 Å². The van der Waals surface area contributed by atoms with Gasteiger partial charge in [-0.25, -0.2) is 14.8 Å². The summed E-state index contributed by atoms with van der Waals surface area (Å²) in [6.45, 7) is 9.74. The Morgan fingerprint density at radius 1 is 1.43 bits per heavy atom. The van der Waals surface area contributed by atoms with Crippen molar-refractivity contribution in [2.45, 2.75) is 46.1 Å². The molecular weight excluding hydrogens is 316 g/mol. The number of rotatable bonds is 3. The summed E-state index contributed by atoms with van der Waals surface area (Å²) in [5.41, 5.74) is 0.417. The molecule has 1 N–H and O–H groups in total. The minimum Gasteiger partial charge on any atom is -0.444 e. The molecular formula is C16H25ClN4O2. The quantitative estimate of drug-likeness (QED) is 0.853. The van der Waals surface area contributed by atoms with Crippen LogP contribution >= 0.6 is 11.6 Å². The van der Waals surface area contributed by atoms with Crippen LogP contribution in [0.3, 0.4) is 0 Å². The van der Waals surface area contributed by atoms with Crippen molar-refractivity contribution in [3.8, 4) is 0 Å². The van der Waals surface area contributed by atoms with Crippen LogP contribution in [-0.2, 0) is 4.74 Å². The lowest BCUT2D eigenvalue weighted by atomic mass is 9.97. The second kappa shape index (κ2) is 7.34. The van der Waals surface area contributed by atoms with Crippen molar-refractivity contribution in [1.29, 1.82) is 0 Å². The fraction of sp³-hybridized carbons (Fsp3) is 0.688. The van der Waals surface area contributed by atoms with Crippen LogP contribution in [0, 0.1) is 12.8 Å². The minimum absolute atomic E-state index is 0.224. The first-order chi connectivity index (χ1) is 10.7. The molecule has 1 aliphatic rings. The Labute approximate surface area is 142 Å². The number of aromatic nitrogens is 2. The average Bonchev–Trinajstić information content (AvgIpc) is 2.47. The summed E-state index contributed by atoms with van der Waals surface area (Å²) in [5.74, 6) is 1.03. The Balaban J connectivity index is 1.76. The molecule has 1 saturated heterocycles. The molecule has 0 atom stereocenters. The van der Waals surface area contributed by atoms with E-state index in [1.807, 2.05) is 27.7 Å². The van der Waals surface area contributed by atoms with Gasteiger partial charge in [0.15, 0.2) is 0 Å². The van der Waals surface area contributed by atoms with Crippen LogP contribution in [0.1, 0.15) is 39.2 Å². The highest BCUT2D eigenvalue weighted by atomic mass is 35.5. The number of carbonyl (C=O) groups excluding carboxylic acids is 1. The maximum atomic E-state index is 12.0. The number of aryl methyl sites for hydroxylation is 1. The number of amides is 1. The zero-order valence-electron chi connectivity index (χ0n) is 14.2. The molecule has 1 fully saturated rings. The van der Waals surface area contributed by atoms with Gasteiger partial charge in [0.2, 0.25) is 5.95 Å². The molecule has 0 aliphatic carbocycles. The largest absolute Gasteiger partial charge is 0.444 e. The Morgan fingerprint density at radius 3 is 2.65 bits per heavy atom. The summed E-state index contributed by atoms with van der Waals surface area (Å²) in [5, 5.41) is 3.70. The molecule has 6 nitrogen and oxygen atoms in total. The molecule has 1 aliphatic heterocycles. The number of halogens is 1. The number of anilines is 1. The third-order valence-corrected chi connectivity index (χ3v) is 4.11. The zero-order chi connectivity index (χ0) is 17.0. The Kier molecular flexibility index (Phi) is 5.68. The average molecular weight is 341 g/mol. The van der Waals surface area contributed by atoms with Crippen LogP contribution in [0.5, 0.6) is 0 Å². The highest BCUT2D eigenvalue weighted by molar-refractivity contribution is 6.30. The first-order valence-corrected chi connectivity index (χ1v) is 8.33. The monoisotopic (exact) mass is 340 g/mol. The Bertz CT molecular complexity index is 552. The molecule has 7 heteroatoms. The van der Waals surface area contributed by atoms with Crippen LogP contribution < -0.4 is 5.32 Å². The van der Waals surface area contributed by atoms with Gasteiger partial charge in [-0.2, -0.15) is 0 Å². The molecule has 0 unspecified atom stereocenters. The second-order valence-electron chi connectivity index (χ2n) is 6.96. The van der Waals surface area contributed by atoms with Crippen LogP contribution in [0.2, 0.25) is 5.15 Å². The predicted molar refractivity (Wildman–Crippen MR) is 90.8 cm³/mol. The van der Waals surface area contributed by atoms with Gasteiger partial charge in [-0.05, 0) is 46.5 Å². The van der Waals surface area contributed by atoms with E-state index in [-0.39, 0.29) is 6.09 Å². The zero-order valence-corrected chi connectivity index (χ0v) is 15.0. The first-order valence-electron chi connectivity index (χ1n) is 7.95. The van der Waals surface area contributed by atoms with Gasteiger partial charge in [0.05, 0.1) is 0 Å². The molecule has 0 spiro atoms. The molecule has 0 radical (unpaired) electrons. The maximum Gasteiger partial charge on any atom is 0.410 e. The van der Waals surface area contributed by atoms with Crippen LogP contribution in [0.4, 0.5) is 10.7 Å². The highest BCUT2D eigenvalue weighted by Crippen LogP contribution is 2.20. The van der Waals surface area contributed by atoms with E-state index in [4.69, 9.17) is 16.3 Å². The van der Waals surface area contributed by atoms with Crippen molar-refractivity contribution >= 4 is 23.6 Å². The molecule has 1 amide bonds. The van der Waals surface area contributed by atoms with Crippen molar-refractivity contribution in [3.63, 3.8) is 0 Å². The predicted octanol–water partition coefficient (Wildman–Crippen LogP) is 3.50. The highest BCUT2D eigenvalue weighted by Gasteiger charge is 2.26. The van der Waals surface area contributed by atoms with Gasteiger partial charge in [0.25, 0.3) is 0 Å². The standard InChI is InChI=1S/C16H25ClN4O2/c1-11-9-18-14(20-13(11)17)19-10-12-5-7-21(8-6-12)15(22)23-16(2,3)4/h9,12H,5-8,10H2,1-4H3,(H,18,19,20). The van der Waals surface area contributed by atoms with Gasteiger partial charge >= 0.3 is 6.09 Å². The fourth-order valence-corrected chi connectivity index (χ4v) is 2.52. The summed E-state index contributed by atoms with van der Waals surface area (Å²) in [4.78, 5) is 22.2. The van der Waals surface area contributed by atoms with Gasteiger partial charge in [-0.1, -0.05) is 11.6 Å². The second-order valence-corrected chi connectivity index (χ2v) is 7.32. The molecule has 0 saturated carbocycles. The summed E-state index contributed by atoms with van der Waals surface area (Å²) >= 11 is 5.99. The number of hydrogen-bond donors (Lipinski definition) is 1. The molecule has 128 valence electrons. The van der Waals surface area contributed by atoms with E-state index in [1.165, 1.54) is 0 Å². The molecule has 1 aromatic rings. The topological polar surface area (TPSA) is 67.4 Å². The third kappa shape index (κ3) is 5.53. The molecule has 1 aromatic heterocycles. The molecule has 23 heavy (non-hydrogen) atoms. The Hall–Kier alpha value is -1.56. The third-order valence-electron chi connectivity index (χ3n) is 3.73. The molecule has 2 rings (SSSR count). The van der Waals surface area contributed by atoms with Crippen molar-refractivity contribution in [3.05, 3.63) is 16.9 Å². The number of likely N-dealkylation sites (tertiary alicyclic amines) is 1. The van der Waals surface area contributed by atoms with E-state index >= 15 is 0 Å². The first kappa shape index (κ1) is 17.8. The van der Waals surface area contributed by atoms with Crippen molar-refractivity contribution in [1.82, 2.24) is 14.9 Å². The van der Waals surface area contributed by atoms with Gasteiger partial charge in [-0.3, -0.25) is 0 Å². The smallest absolute Gasteiger partial charge is 0.410 e. The summed E-state index contributed by atoms with van der Waals surface area (Å²) < 4.78 is 5.40. The number of ether oxygens (including phenoxy) is 1. The molecule has 0 aromatic carbocycles. The van der Waals surface area contributed by atoms with E-state index in [2.05, 4.69) is 15.3 Å². The van der Waals surface area contributed by atoms with Crippen LogP contribution in [-0.4, -0.2) is 46.2 Å². The van der Waals surface area contributed by atoms with Crippen molar-refractivity contribution < 1.29 is 9.53 Å². The lowest BCUT2D eigenvalue weighted by molar-refractivity contribution is 0.0188. The summed E-state index contributed by atoms with van der Waals surface area (Å²) in [6, 6.07) is 0. The van der Waals surface area contributed by atoms with E-state index in [0.717, 1.165) is 38.0 Å². The number of hydrogen-bond acceptors (Lipinski definition) is 5. The summed E-state index contributed by atoms with van der Waals surface area (Å²) in [6.07, 6.45) is 3.36. The van der Waals surface area contributed by atoms with Crippen molar-refractivity contribution in [2.24, 2.45) is 5.92 Å². The SMILES string of the molecule is Cc1cnc(NCC2CCN(C(=O)OC(C)(C)C)CC2)nc1Cl.